The Kier molecular flexibility index (Phi) is 8.57. The molecule has 9 nitrogen and oxygen atoms in total. The first kappa shape index (κ1) is 30.2. The van der Waals surface area contributed by atoms with Gasteiger partial charge >= 0.3 is 12.4 Å². The number of anilines is 1. The maximum Gasteiger partial charge on any atom is 0.446 e. The van der Waals surface area contributed by atoms with Gasteiger partial charge in [0, 0.05) is 30.5 Å². The van der Waals surface area contributed by atoms with Crippen molar-refractivity contribution in [3.05, 3.63) is 41.2 Å². The Morgan fingerprint density at radius 3 is 2.26 bits per heavy atom. The van der Waals surface area contributed by atoms with Crippen LogP contribution >= 0.6 is 0 Å². The molecule has 0 bridgehead atoms. The molecule has 214 valence electrons. The number of hydrogen-bond donors (Lipinski definition) is 4. The number of aromatic nitrogens is 2. The molecule has 0 spiro atoms. The number of nitrogens with zero attached hydrogens (tertiary/aromatic N) is 3. The van der Waals surface area contributed by atoms with Gasteiger partial charge in [0.15, 0.2) is 0 Å². The fraction of sp³-hybridized carbons (Fsp3) is 0.500. The molecule has 5 N–H and O–H groups in total. The monoisotopic (exact) mass is 564 g/mol. The zero-order chi connectivity index (χ0) is 29.3. The van der Waals surface area contributed by atoms with Crippen LogP contribution in [0.15, 0.2) is 24.4 Å². The van der Waals surface area contributed by atoms with E-state index in [4.69, 9.17) is 10.5 Å². The number of aryl methyl sites for hydroxylation is 1. The molecule has 2 aromatic rings. The summed E-state index contributed by atoms with van der Waals surface area (Å²) in [6.07, 6.45) is -8.86. The standard InChI is InChI=1S/C22H25F3N4O4.C2HF3O/c1-11-2-3-14(21(33,10-30)22(23,24)25)6-16(11)17-7-27-19(26)18(28-17)12-4-13(5-12)20(32)29-8-15(31)9-29;3-2(4,5)1-6/h2-3,6-7,12-13,15,30-31,33H,4-5,8-10H2,1H3,(H2,26,27);1H. The quantitative estimate of drug-likeness (QED) is 0.319. The molecule has 1 atom stereocenters. The fourth-order valence-corrected chi connectivity index (χ4v) is 4.28. The van der Waals surface area contributed by atoms with Crippen LogP contribution in [0.1, 0.15) is 35.6 Å². The smallest absolute Gasteiger partial charge is 0.393 e. The van der Waals surface area contributed by atoms with E-state index in [1.807, 2.05) is 0 Å². The number of carbonyl (C=O) groups excluding carboxylic acids is 2. The predicted octanol–water partition coefficient (Wildman–Crippen LogP) is 2.22. The number of likely N-dealkylation sites (tertiary alicyclic amines) is 1. The summed E-state index contributed by atoms with van der Waals surface area (Å²) < 4.78 is 71.5. The summed E-state index contributed by atoms with van der Waals surface area (Å²) in [4.78, 5) is 31.4. The highest BCUT2D eigenvalue weighted by Gasteiger charge is 2.55. The van der Waals surface area contributed by atoms with Gasteiger partial charge in [0.2, 0.25) is 17.8 Å². The molecule has 0 radical (unpaired) electrons. The van der Waals surface area contributed by atoms with E-state index in [-0.39, 0.29) is 29.3 Å². The van der Waals surface area contributed by atoms with Gasteiger partial charge in [-0.25, -0.2) is 9.97 Å². The molecule has 2 aliphatic rings. The number of aliphatic hydroxyl groups is 3. The second kappa shape index (κ2) is 11.1. The molecule has 1 amide bonds. The van der Waals surface area contributed by atoms with Gasteiger partial charge in [-0.3, -0.25) is 9.59 Å². The van der Waals surface area contributed by atoms with Crippen LogP contribution in [0.5, 0.6) is 0 Å². The summed E-state index contributed by atoms with van der Waals surface area (Å²) in [5.74, 6) is -0.141. The first-order valence-electron chi connectivity index (χ1n) is 11.6. The average Bonchev–Trinajstić information content (AvgIpc) is 2.81. The van der Waals surface area contributed by atoms with E-state index in [0.29, 0.717) is 42.8 Å². The predicted molar refractivity (Wildman–Crippen MR) is 124 cm³/mol. The SMILES string of the molecule is Cc1ccc(C(O)(CO)C(F)(F)F)cc1-c1cnc(N)c(C2CC(C(=O)N3CC(O)C3)C2)n1.O=CC(F)(F)F. The number of β-amino-alcohol motifs (C(OH)–C–C–N with tert-alkyl or cyclic N) is 1. The third kappa shape index (κ3) is 6.47. The molecule has 39 heavy (non-hydrogen) atoms. The van der Waals surface area contributed by atoms with E-state index in [1.165, 1.54) is 12.3 Å². The lowest BCUT2D eigenvalue weighted by Gasteiger charge is -2.42. The van der Waals surface area contributed by atoms with Crippen molar-refractivity contribution in [2.24, 2.45) is 5.92 Å². The minimum atomic E-state index is -5.08. The normalized spacial score (nSPS) is 21.1. The number of rotatable bonds is 5. The Hall–Kier alpha value is -3.30. The molecule has 1 aliphatic heterocycles. The highest BCUT2D eigenvalue weighted by molar-refractivity contribution is 5.81. The van der Waals surface area contributed by atoms with Gasteiger partial charge in [0.25, 0.3) is 0 Å². The lowest BCUT2D eigenvalue weighted by atomic mass is 9.72. The van der Waals surface area contributed by atoms with Crippen LogP contribution in [-0.2, 0) is 15.2 Å². The van der Waals surface area contributed by atoms with E-state index >= 15 is 0 Å². The second-order valence-electron chi connectivity index (χ2n) is 9.49. The minimum absolute atomic E-state index is 0.0155. The van der Waals surface area contributed by atoms with E-state index in [9.17, 15) is 46.5 Å². The van der Waals surface area contributed by atoms with Crippen LogP contribution in [0.4, 0.5) is 32.2 Å². The molecule has 1 aromatic heterocycles. The topological polar surface area (TPSA) is 150 Å². The summed E-state index contributed by atoms with van der Waals surface area (Å²) in [6.45, 7) is 0.835. The molecule has 1 saturated carbocycles. The zero-order valence-electron chi connectivity index (χ0n) is 20.5. The molecule has 1 saturated heterocycles. The zero-order valence-corrected chi connectivity index (χ0v) is 20.5. The van der Waals surface area contributed by atoms with Crippen LogP contribution in [-0.4, -0.2) is 80.5 Å². The Labute approximate surface area is 218 Å². The first-order valence-corrected chi connectivity index (χ1v) is 11.6. The van der Waals surface area contributed by atoms with Crippen molar-refractivity contribution in [3.63, 3.8) is 0 Å². The maximum atomic E-state index is 13.4. The summed E-state index contributed by atoms with van der Waals surface area (Å²) in [5, 5.41) is 28.8. The number of nitrogen functional groups attached to an aromatic ring is 1. The average molecular weight is 564 g/mol. The largest absolute Gasteiger partial charge is 0.446 e. The van der Waals surface area contributed by atoms with E-state index < -0.39 is 42.5 Å². The molecule has 1 aromatic carbocycles. The molecule has 1 unspecified atom stereocenters. The number of amides is 1. The van der Waals surface area contributed by atoms with Crippen LogP contribution in [0.3, 0.4) is 0 Å². The third-order valence-corrected chi connectivity index (χ3v) is 6.70. The first-order chi connectivity index (χ1) is 18.0. The summed E-state index contributed by atoms with van der Waals surface area (Å²) in [5.41, 5.74) is 3.76. The van der Waals surface area contributed by atoms with Gasteiger partial charge in [0.1, 0.15) is 5.82 Å². The van der Waals surface area contributed by atoms with Crippen molar-refractivity contribution in [1.82, 2.24) is 14.9 Å². The van der Waals surface area contributed by atoms with Crippen molar-refractivity contribution >= 4 is 18.0 Å². The summed E-state index contributed by atoms with van der Waals surface area (Å²) in [7, 11) is 0. The molecule has 15 heteroatoms. The number of carbonyl (C=O) groups is 2. The Morgan fingerprint density at radius 2 is 1.77 bits per heavy atom. The molecule has 2 fully saturated rings. The van der Waals surface area contributed by atoms with Gasteiger partial charge in [-0.15, -0.1) is 0 Å². The number of aliphatic hydroxyl groups excluding tert-OH is 2. The number of aldehydes is 1. The van der Waals surface area contributed by atoms with Gasteiger partial charge < -0.3 is 26.0 Å². The van der Waals surface area contributed by atoms with Gasteiger partial charge in [0.05, 0.1) is 30.3 Å². The highest BCUT2D eigenvalue weighted by atomic mass is 19.4. The molecular formula is C24H26F6N4O5. The van der Waals surface area contributed by atoms with Crippen molar-refractivity contribution in [2.75, 3.05) is 25.4 Å². The Morgan fingerprint density at radius 1 is 1.18 bits per heavy atom. The molecule has 4 rings (SSSR count). The summed E-state index contributed by atoms with van der Waals surface area (Å²) in [6, 6.07) is 3.67. The van der Waals surface area contributed by atoms with E-state index in [0.717, 1.165) is 12.1 Å². The molecular weight excluding hydrogens is 538 g/mol. The van der Waals surface area contributed by atoms with Crippen LogP contribution in [0, 0.1) is 12.8 Å². The number of benzene rings is 1. The van der Waals surface area contributed by atoms with E-state index in [2.05, 4.69) is 9.97 Å². The number of hydrogen-bond acceptors (Lipinski definition) is 8. The summed E-state index contributed by atoms with van der Waals surface area (Å²) >= 11 is 0. The van der Waals surface area contributed by atoms with Crippen molar-refractivity contribution in [2.45, 2.75) is 49.7 Å². The molecule has 2 heterocycles. The minimum Gasteiger partial charge on any atom is -0.393 e. The van der Waals surface area contributed by atoms with Crippen LogP contribution in [0.2, 0.25) is 0 Å². The van der Waals surface area contributed by atoms with Crippen molar-refractivity contribution < 1.29 is 51.3 Å². The number of nitrogens with two attached hydrogens (primary N) is 1. The van der Waals surface area contributed by atoms with E-state index in [1.54, 1.807) is 11.8 Å². The number of halogens is 6. The second-order valence-corrected chi connectivity index (χ2v) is 9.49. The van der Waals surface area contributed by atoms with Crippen LogP contribution < -0.4 is 5.73 Å². The molecule has 1 aliphatic carbocycles. The number of alkyl halides is 6. The Balaban J connectivity index is 0.000000631. The van der Waals surface area contributed by atoms with Crippen molar-refractivity contribution in [1.29, 1.82) is 0 Å². The van der Waals surface area contributed by atoms with Gasteiger partial charge in [-0.1, -0.05) is 12.1 Å². The lowest BCUT2D eigenvalue weighted by Crippen LogP contribution is -2.56. The maximum absolute atomic E-state index is 13.4. The van der Waals surface area contributed by atoms with Crippen molar-refractivity contribution in [3.8, 4) is 11.3 Å². The van der Waals surface area contributed by atoms with Crippen LogP contribution in [0.25, 0.3) is 11.3 Å². The third-order valence-electron chi connectivity index (χ3n) is 6.70. The Bertz CT molecular complexity index is 1210. The lowest BCUT2D eigenvalue weighted by molar-refractivity contribution is -0.277. The van der Waals surface area contributed by atoms with Gasteiger partial charge in [-0.05, 0) is 37.0 Å². The fourth-order valence-electron chi connectivity index (χ4n) is 4.28. The highest BCUT2D eigenvalue weighted by Crippen LogP contribution is 2.45. The van der Waals surface area contributed by atoms with Gasteiger partial charge in [-0.2, -0.15) is 26.3 Å².